The molecule has 8 heteroatoms. The Labute approximate surface area is 133 Å². The lowest BCUT2D eigenvalue weighted by atomic mass is 9.98. The molecule has 0 aliphatic carbocycles. The van der Waals surface area contributed by atoms with Crippen molar-refractivity contribution in [3.05, 3.63) is 53.9 Å². The monoisotopic (exact) mass is 333 g/mol. The first-order chi connectivity index (χ1) is 11.3. The standard InChI is InChI=1S/C16H10F3N3O2/c17-16(18,19)13-10(7-11(15(23)24)14(20)22-13)8-5-6-21-12-4-2-1-3-9(8)12/h1-7H,(H2,20,22)(H,23,24). The van der Waals surface area contributed by atoms with Gasteiger partial charge in [0.15, 0.2) is 5.69 Å². The molecule has 5 nitrogen and oxygen atoms in total. The molecule has 0 aliphatic rings. The van der Waals surface area contributed by atoms with Gasteiger partial charge in [0.2, 0.25) is 0 Å². The molecule has 0 radical (unpaired) electrons. The van der Waals surface area contributed by atoms with Crippen LogP contribution in [0.2, 0.25) is 0 Å². The van der Waals surface area contributed by atoms with Crippen LogP contribution in [0.3, 0.4) is 0 Å². The lowest BCUT2D eigenvalue weighted by Crippen LogP contribution is -2.15. The van der Waals surface area contributed by atoms with Crippen molar-refractivity contribution >= 4 is 22.7 Å². The maximum absolute atomic E-state index is 13.4. The van der Waals surface area contributed by atoms with Crippen LogP contribution in [0.25, 0.3) is 22.0 Å². The number of hydrogen-bond acceptors (Lipinski definition) is 4. The fourth-order valence-corrected chi connectivity index (χ4v) is 2.45. The molecule has 3 N–H and O–H groups in total. The highest BCUT2D eigenvalue weighted by Gasteiger charge is 2.37. The number of alkyl halides is 3. The third kappa shape index (κ3) is 2.62. The Bertz CT molecular complexity index is 950. The van der Waals surface area contributed by atoms with E-state index in [2.05, 4.69) is 9.97 Å². The molecule has 122 valence electrons. The number of benzene rings is 1. The summed E-state index contributed by atoms with van der Waals surface area (Å²) in [5.74, 6) is -2.13. The van der Waals surface area contributed by atoms with Crippen LogP contribution in [0.4, 0.5) is 19.0 Å². The molecule has 2 aromatic heterocycles. The number of carboxylic acids is 1. The summed E-state index contributed by atoms with van der Waals surface area (Å²) in [5.41, 5.74) is 3.96. The van der Waals surface area contributed by atoms with Gasteiger partial charge in [0.05, 0.1) is 5.52 Å². The molecule has 0 unspecified atom stereocenters. The van der Waals surface area contributed by atoms with Gasteiger partial charge >= 0.3 is 12.1 Å². The van der Waals surface area contributed by atoms with Crippen molar-refractivity contribution in [2.75, 3.05) is 5.73 Å². The van der Waals surface area contributed by atoms with E-state index in [1.54, 1.807) is 24.3 Å². The van der Waals surface area contributed by atoms with E-state index in [1.165, 1.54) is 12.3 Å². The smallest absolute Gasteiger partial charge is 0.434 e. The number of carboxylic acid groups (broad SMARTS) is 1. The second-order valence-corrected chi connectivity index (χ2v) is 5.00. The van der Waals surface area contributed by atoms with E-state index in [-0.39, 0.29) is 11.1 Å². The summed E-state index contributed by atoms with van der Waals surface area (Å²) in [6, 6.07) is 8.90. The summed E-state index contributed by atoms with van der Waals surface area (Å²) in [5, 5.41) is 9.58. The molecular weight excluding hydrogens is 323 g/mol. The number of nitrogens with zero attached hydrogens (tertiary/aromatic N) is 2. The van der Waals surface area contributed by atoms with Gasteiger partial charge in [-0.3, -0.25) is 4.98 Å². The number of aromatic carboxylic acids is 1. The van der Waals surface area contributed by atoms with Crippen LogP contribution in [0.5, 0.6) is 0 Å². The molecule has 1 aromatic carbocycles. The van der Waals surface area contributed by atoms with Crippen LogP contribution in [0, 0.1) is 0 Å². The SMILES string of the molecule is Nc1nc(C(F)(F)F)c(-c2ccnc3ccccc23)cc1C(=O)O. The van der Waals surface area contributed by atoms with Crippen LogP contribution >= 0.6 is 0 Å². The van der Waals surface area contributed by atoms with Crippen LogP contribution < -0.4 is 5.73 Å². The molecule has 0 bridgehead atoms. The van der Waals surface area contributed by atoms with Gasteiger partial charge in [-0.25, -0.2) is 9.78 Å². The first-order valence-electron chi connectivity index (χ1n) is 6.74. The maximum Gasteiger partial charge on any atom is 0.434 e. The van der Waals surface area contributed by atoms with Crippen LogP contribution in [0.15, 0.2) is 42.6 Å². The van der Waals surface area contributed by atoms with Crippen LogP contribution in [-0.2, 0) is 6.18 Å². The van der Waals surface area contributed by atoms with E-state index in [1.807, 2.05) is 0 Å². The van der Waals surface area contributed by atoms with Crippen molar-refractivity contribution in [1.82, 2.24) is 9.97 Å². The number of pyridine rings is 2. The van der Waals surface area contributed by atoms with Gasteiger partial charge in [-0.1, -0.05) is 18.2 Å². The van der Waals surface area contributed by atoms with Crippen molar-refractivity contribution < 1.29 is 23.1 Å². The predicted molar refractivity (Wildman–Crippen MR) is 81.3 cm³/mol. The summed E-state index contributed by atoms with van der Waals surface area (Å²) in [6.45, 7) is 0. The van der Waals surface area contributed by atoms with Gasteiger partial charge in [0.1, 0.15) is 11.4 Å². The lowest BCUT2D eigenvalue weighted by Gasteiger charge is -2.15. The predicted octanol–water partition coefficient (Wildman–Crippen LogP) is 3.60. The van der Waals surface area contributed by atoms with Crippen molar-refractivity contribution in [1.29, 1.82) is 0 Å². The lowest BCUT2D eigenvalue weighted by molar-refractivity contribution is -0.140. The Balaban J connectivity index is 2.40. The Morgan fingerprint density at radius 1 is 1.12 bits per heavy atom. The summed E-state index contributed by atoms with van der Waals surface area (Å²) < 4.78 is 40.1. The van der Waals surface area contributed by atoms with Crippen LogP contribution in [-0.4, -0.2) is 21.0 Å². The van der Waals surface area contributed by atoms with Gasteiger partial charge in [-0.15, -0.1) is 0 Å². The quantitative estimate of drug-likeness (QED) is 0.748. The third-order valence-electron chi connectivity index (χ3n) is 3.49. The van der Waals surface area contributed by atoms with Gasteiger partial charge in [-0.05, 0) is 23.8 Å². The number of nitrogens with two attached hydrogens (primary N) is 1. The van der Waals surface area contributed by atoms with E-state index in [9.17, 15) is 18.0 Å². The summed E-state index contributed by atoms with van der Waals surface area (Å²) in [6.07, 6.45) is -3.43. The number of aromatic nitrogens is 2. The molecule has 0 saturated heterocycles. The molecule has 0 saturated carbocycles. The number of anilines is 1. The Kier molecular flexibility index (Phi) is 3.59. The van der Waals surface area contributed by atoms with Gasteiger partial charge in [0, 0.05) is 17.1 Å². The van der Waals surface area contributed by atoms with E-state index >= 15 is 0 Å². The first-order valence-corrected chi connectivity index (χ1v) is 6.74. The highest BCUT2D eigenvalue weighted by molar-refractivity contribution is 5.99. The molecule has 0 aliphatic heterocycles. The first kappa shape index (κ1) is 15.7. The number of rotatable bonds is 2. The highest BCUT2D eigenvalue weighted by Crippen LogP contribution is 2.39. The van der Waals surface area contributed by atoms with Crippen molar-refractivity contribution in [2.45, 2.75) is 6.18 Å². The van der Waals surface area contributed by atoms with E-state index in [4.69, 9.17) is 10.8 Å². The van der Waals surface area contributed by atoms with E-state index in [0.29, 0.717) is 10.9 Å². The fourth-order valence-electron chi connectivity index (χ4n) is 2.45. The summed E-state index contributed by atoms with van der Waals surface area (Å²) in [4.78, 5) is 18.6. The number of para-hydroxylation sites is 1. The molecule has 0 atom stereocenters. The highest BCUT2D eigenvalue weighted by atomic mass is 19.4. The van der Waals surface area contributed by atoms with E-state index < -0.39 is 29.2 Å². The number of carbonyl (C=O) groups is 1. The molecule has 0 amide bonds. The summed E-state index contributed by atoms with van der Waals surface area (Å²) >= 11 is 0. The molecule has 3 rings (SSSR count). The number of hydrogen-bond donors (Lipinski definition) is 2. The minimum atomic E-state index is -4.79. The largest absolute Gasteiger partial charge is 0.478 e. The number of nitrogen functional groups attached to an aromatic ring is 1. The Morgan fingerprint density at radius 2 is 1.83 bits per heavy atom. The second kappa shape index (κ2) is 5.48. The van der Waals surface area contributed by atoms with Gasteiger partial charge in [0.25, 0.3) is 0 Å². The molecule has 2 heterocycles. The topological polar surface area (TPSA) is 89.1 Å². The minimum absolute atomic E-state index is 0.183. The van der Waals surface area contributed by atoms with Crippen molar-refractivity contribution in [2.24, 2.45) is 0 Å². The van der Waals surface area contributed by atoms with Crippen molar-refractivity contribution in [3.63, 3.8) is 0 Å². The van der Waals surface area contributed by atoms with Gasteiger partial charge in [-0.2, -0.15) is 13.2 Å². The van der Waals surface area contributed by atoms with Crippen molar-refractivity contribution in [3.8, 4) is 11.1 Å². The normalized spacial score (nSPS) is 11.6. The van der Waals surface area contributed by atoms with Gasteiger partial charge < -0.3 is 10.8 Å². The number of halogens is 3. The summed E-state index contributed by atoms with van der Waals surface area (Å²) in [7, 11) is 0. The molecular formula is C16H10F3N3O2. The fraction of sp³-hybridized carbons (Fsp3) is 0.0625. The van der Waals surface area contributed by atoms with E-state index in [0.717, 1.165) is 6.07 Å². The zero-order chi connectivity index (χ0) is 17.5. The molecule has 0 fully saturated rings. The zero-order valence-electron chi connectivity index (χ0n) is 12.0. The number of fused-ring (bicyclic) bond motifs is 1. The minimum Gasteiger partial charge on any atom is -0.478 e. The Hall–Kier alpha value is -3.16. The average molecular weight is 333 g/mol. The molecule has 0 spiro atoms. The Morgan fingerprint density at radius 3 is 2.50 bits per heavy atom. The third-order valence-corrected chi connectivity index (χ3v) is 3.49. The second-order valence-electron chi connectivity index (χ2n) is 5.00. The average Bonchev–Trinajstić information content (AvgIpc) is 2.53. The molecule has 3 aromatic rings. The van der Waals surface area contributed by atoms with Crippen LogP contribution in [0.1, 0.15) is 16.1 Å². The molecule has 24 heavy (non-hydrogen) atoms. The maximum atomic E-state index is 13.4. The zero-order valence-corrected chi connectivity index (χ0v) is 12.0.